The lowest BCUT2D eigenvalue weighted by atomic mass is 10.1. The molecule has 2 atom stereocenters. The van der Waals surface area contributed by atoms with Crippen LogP contribution >= 0.6 is 0 Å². The number of aromatic nitrogens is 4. The number of pyridine rings is 1. The molecular weight excluding hydrogens is 391 g/mol. The van der Waals surface area contributed by atoms with Crippen LogP contribution in [0.2, 0.25) is 0 Å². The van der Waals surface area contributed by atoms with Gasteiger partial charge < -0.3 is 20.1 Å². The van der Waals surface area contributed by atoms with Gasteiger partial charge in [0.05, 0.1) is 31.1 Å². The number of rotatable bonds is 7. The molecule has 3 aromatic rings. The molecule has 0 saturated carbocycles. The normalized spacial score (nSPS) is 17.4. The van der Waals surface area contributed by atoms with Crippen LogP contribution in [0.3, 0.4) is 0 Å². The molecule has 9 nitrogen and oxygen atoms in total. The van der Waals surface area contributed by atoms with Gasteiger partial charge in [0.2, 0.25) is 0 Å². The molecule has 2 N–H and O–H groups in total. The third-order valence-corrected chi connectivity index (χ3v) is 5.11. The molecule has 10 heteroatoms. The minimum atomic E-state index is -0.797. The first kappa shape index (κ1) is 20.2. The first-order valence-corrected chi connectivity index (χ1v) is 9.73. The number of nitrogens with zero attached hydrogens (tertiary/aromatic N) is 5. The molecular formula is C20H23FN6O3. The predicted molar refractivity (Wildman–Crippen MR) is 107 cm³/mol. The van der Waals surface area contributed by atoms with Crippen LogP contribution in [0.25, 0.3) is 5.65 Å². The van der Waals surface area contributed by atoms with Gasteiger partial charge in [-0.2, -0.15) is 5.10 Å². The number of halogens is 1. The molecule has 0 spiro atoms. The summed E-state index contributed by atoms with van der Waals surface area (Å²) in [5, 5.41) is 16.6. The Morgan fingerprint density at radius 2 is 2.30 bits per heavy atom. The van der Waals surface area contributed by atoms with Gasteiger partial charge in [0.15, 0.2) is 5.65 Å². The topological polar surface area (TPSA) is 105 Å². The zero-order chi connectivity index (χ0) is 21.1. The van der Waals surface area contributed by atoms with E-state index in [4.69, 9.17) is 4.74 Å². The summed E-state index contributed by atoms with van der Waals surface area (Å²) < 4.78 is 20.0. The highest BCUT2D eigenvalue weighted by Crippen LogP contribution is 2.35. The average molecular weight is 414 g/mol. The predicted octanol–water partition coefficient (Wildman–Crippen LogP) is 1.34. The Labute approximate surface area is 172 Å². The maximum absolute atomic E-state index is 13.7. The molecule has 0 bridgehead atoms. The molecule has 1 fully saturated rings. The fourth-order valence-corrected chi connectivity index (χ4v) is 3.73. The second-order valence-electron chi connectivity index (χ2n) is 7.22. The summed E-state index contributed by atoms with van der Waals surface area (Å²) in [4.78, 5) is 23.3. The second kappa shape index (κ2) is 8.72. The fraction of sp³-hybridized carbons (Fsp3) is 0.400. The molecule has 158 valence electrons. The van der Waals surface area contributed by atoms with Crippen molar-refractivity contribution in [2.24, 2.45) is 0 Å². The third kappa shape index (κ3) is 4.10. The van der Waals surface area contributed by atoms with Gasteiger partial charge in [-0.05, 0) is 30.5 Å². The first-order chi connectivity index (χ1) is 14.6. The number of anilines is 1. The van der Waals surface area contributed by atoms with Crippen molar-refractivity contribution in [3.05, 3.63) is 53.9 Å². The van der Waals surface area contributed by atoms with Crippen molar-refractivity contribution in [2.45, 2.75) is 25.0 Å². The number of hydrogen-bond acceptors (Lipinski definition) is 7. The molecule has 0 aromatic carbocycles. The van der Waals surface area contributed by atoms with Crippen LogP contribution in [0.5, 0.6) is 0 Å². The van der Waals surface area contributed by atoms with Gasteiger partial charge in [0, 0.05) is 32.6 Å². The number of carbonyl (C=O) groups excluding carboxylic acids is 1. The minimum absolute atomic E-state index is 0.0347. The maximum atomic E-state index is 13.7. The number of carbonyl (C=O) groups is 1. The van der Waals surface area contributed by atoms with E-state index in [0.29, 0.717) is 17.0 Å². The highest BCUT2D eigenvalue weighted by atomic mass is 19.1. The van der Waals surface area contributed by atoms with E-state index in [9.17, 15) is 14.3 Å². The molecule has 1 amide bonds. The first-order valence-electron chi connectivity index (χ1n) is 9.73. The summed E-state index contributed by atoms with van der Waals surface area (Å²) in [7, 11) is 1.48. The van der Waals surface area contributed by atoms with Crippen LogP contribution in [0.15, 0.2) is 36.9 Å². The number of fused-ring (bicyclic) bond motifs is 1. The smallest absolute Gasteiger partial charge is 0.256 e. The standard InChI is InChI=1S/C20H23FN6O3/c1-30-12-15(28)10-23-20(29)16-11-24-27-6-4-18(25-19(16)27)26-5-2-3-17(26)13-7-14(21)9-22-8-13/h4,6-9,11,15,17,28H,2-3,5,10,12H2,1H3,(H,23,29)/t15?,17-/m1/s1. The van der Waals surface area contributed by atoms with Crippen LogP contribution in [-0.2, 0) is 4.74 Å². The van der Waals surface area contributed by atoms with Crippen LogP contribution in [0, 0.1) is 5.82 Å². The molecule has 1 saturated heterocycles. The van der Waals surface area contributed by atoms with Gasteiger partial charge in [-0.1, -0.05) is 0 Å². The molecule has 1 aliphatic rings. The van der Waals surface area contributed by atoms with Crippen molar-refractivity contribution in [2.75, 3.05) is 31.7 Å². The summed E-state index contributed by atoms with van der Waals surface area (Å²) in [6, 6.07) is 3.29. The summed E-state index contributed by atoms with van der Waals surface area (Å²) >= 11 is 0. The maximum Gasteiger partial charge on any atom is 0.256 e. The number of amides is 1. The van der Waals surface area contributed by atoms with Crippen LogP contribution in [0.4, 0.5) is 10.2 Å². The number of methoxy groups -OCH3 is 1. The molecule has 0 radical (unpaired) electrons. The van der Waals surface area contributed by atoms with E-state index in [0.717, 1.165) is 24.9 Å². The Balaban J connectivity index is 1.58. The Hall–Kier alpha value is -3.11. The lowest BCUT2D eigenvalue weighted by Crippen LogP contribution is -2.34. The molecule has 30 heavy (non-hydrogen) atoms. The Morgan fingerprint density at radius 1 is 1.43 bits per heavy atom. The van der Waals surface area contributed by atoms with Crippen molar-refractivity contribution >= 4 is 17.4 Å². The zero-order valence-corrected chi connectivity index (χ0v) is 16.5. The van der Waals surface area contributed by atoms with E-state index < -0.39 is 6.10 Å². The van der Waals surface area contributed by atoms with Gasteiger partial charge in [-0.25, -0.2) is 13.9 Å². The van der Waals surface area contributed by atoms with Crippen molar-refractivity contribution in [3.63, 3.8) is 0 Å². The monoisotopic (exact) mass is 414 g/mol. The second-order valence-corrected chi connectivity index (χ2v) is 7.22. The molecule has 1 unspecified atom stereocenters. The highest BCUT2D eigenvalue weighted by Gasteiger charge is 2.28. The van der Waals surface area contributed by atoms with Crippen molar-refractivity contribution in [1.82, 2.24) is 24.9 Å². The van der Waals surface area contributed by atoms with Crippen molar-refractivity contribution in [3.8, 4) is 0 Å². The number of nitrogens with one attached hydrogen (secondary N) is 1. The van der Waals surface area contributed by atoms with E-state index in [1.54, 1.807) is 12.4 Å². The third-order valence-electron chi connectivity index (χ3n) is 5.11. The molecule has 4 heterocycles. The zero-order valence-electron chi connectivity index (χ0n) is 16.5. The van der Waals surface area contributed by atoms with E-state index in [2.05, 4.69) is 25.3 Å². The lowest BCUT2D eigenvalue weighted by Gasteiger charge is -2.26. The van der Waals surface area contributed by atoms with E-state index in [-0.39, 0.29) is 30.9 Å². The summed E-state index contributed by atoms with van der Waals surface area (Å²) in [5.74, 6) is -0.0616. The van der Waals surface area contributed by atoms with Crippen LogP contribution < -0.4 is 10.2 Å². The minimum Gasteiger partial charge on any atom is -0.389 e. The quantitative estimate of drug-likeness (QED) is 0.601. The van der Waals surface area contributed by atoms with E-state index >= 15 is 0 Å². The van der Waals surface area contributed by atoms with Gasteiger partial charge >= 0.3 is 0 Å². The average Bonchev–Trinajstić information content (AvgIpc) is 3.39. The molecule has 3 aromatic heterocycles. The SMILES string of the molecule is COCC(O)CNC(=O)c1cnn2ccc(N3CCC[C@@H]3c3cncc(F)c3)nc12. The molecule has 0 aliphatic carbocycles. The fourth-order valence-electron chi connectivity index (χ4n) is 3.73. The number of aliphatic hydroxyl groups excluding tert-OH is 1. The molecule has 1 aliphatic heterocycles. The van der Waals surface area contributed by atoms with Crippen LogP contribution in [0.1, 0.15) is 34.8 Å². The number of aliphatic hydroxyl groups is 1. The van der Waals surface area contributed by atoms with Gasteiger partial charge in [0.1, 0.15) is 17.2 Å². The van der Waals surface area contributed by atoms with Crippen molar-refractivity contribution in [1.29, 1.82) is 0 Å². The molecule has 4 rings (SSSR count). The summed E-state index contributed by atoms with van der Waals surface area (Å²) in [6.45, 7) is 0.955. The summed E-state index contributed by atoms with van der Waals surface area (Å²) in [6.07, 6.45) is 7.06. The Morgan fingerprint density at radius 3 is 3.10 bits per heavy atom. The van der Waals surface area contributed by atoms with Gasteiger partial charge in [0.25, 0.3) is 5.91 Å². The van der Waals surface area contributed by atoms with Gasteiger partial charge in [-0.15, -0.1) is 0 Å². The Bertz CT molecular complexity index is 1040. The highest BCUT2D eigenvalue weighted by molar-refractivity contribution is 5.99. The van der Waals surface area contributed by atoms with E-state index in [1.165, 1.54) is 30.1 Å². The van der Waals surface area contributed by atoms with Crippen LogP contribution in [-0.4, -0.2) is 63.5 Å². The van der Waals surface area contributed by atoms with E-state index in [1.807, 2.05) is 6.07 Å². The number of ether oxygens (including phenoxy) is 1. The largest absolute Gasteiger partial charge is 0.389 e. The number of hydrogen-bond donors (Lipinski definition) is 2. The summed E-state index contributed by atoms with van der Waals surface area (Å²) in [5.41, 5.74) is 1.52. The van der Waals surface area contributed by atoms with Gasteiger partial charge in [-0.3, -0.25) is 9.78 Å². The Kier molecular flexibility index (Phi) is 5.86. The van der Waals surface area contributed by atoms with Crippen molar-refractivity contribution < 1.29 is 19.0 Å². The lowest BCUT2D eigenvalue weighted by molar-refractivity contribution is 0.0610.